The summed E-state index contributed by atoms with van der Waals surface area (Å²) in [6.45, 7) is 8.80. The lowest BCUT2D eigenvalue weighted by Crippen LogP contribution is -2.32. The van der Waals surface area contributed by atoms with Crippen LogP contribution in [0.15, 0.2) is 40.8 Å². The van der Waals surface area contributed by atoms with Crippen molar-refractivity contribution in [3.63, 3.8) is 0 Å². The highest BCUT2D eigenvalue weighted by Crippen LogP contribution is 2.51. The van der Waals surface area contributed by atoms with E-state index in [1.807, 2.05) is 0 Å². The van der Waals surface area contributed by atoms with Crippen molar-refractivity contribution in [2.75, 3.05) is 4.90 Å². The van der Waals surface area contributed by atoms with Gasteiger partial charge in [0.25, 0.3) is 0 Å². The molecule has 162 valence electrons. The van der Waals surface area contributed by atoms with E-state index in [0.717, 1.165) is 18.5 Å². The highest BCUT2D eigenvalue weighted by atomic mass is 32.1. The molecule has 1 aromatic carbocycles. The van der Waals surface area contributed by atoms with Gasteiger partial charge in [0.2, 0.25) is 11.6 Å². The van der Waals surface area contributed by atoms with Crippen LogP contribution < -0.4 is 4.90 Å². The van der Waals surface area contributed by atoms with Crippen molar-refractivity contribution in [2.24, 2.45) is 0 Å². The molecule has 1 aliphatic rings. The second-order valence-corrected chi connectivity index (χ2v) is 10.0. The molecule has 1 aliphatic carbocycles. The van der Waals surface area contributed by atoms with E-state index in [4.69, 9.17) is 9.40 Å². The van der Waals surface area contributed by atoms with Crippen LogP contribution in [-0.2, 0) is 10.8 Å². The molecule has 0 bridgehead atoms. The molecule has 2 heterocycles. The quantitative estimate of drug-likeness (QED) is 0.505. The Bertz CT molecular complexity index is 1120. The second-order valence-electron chi connectivity index (χ2n) is 9.07. The van der Waals surface area contributed by atoms with E-state index in [0.29, 0.717) is 16.7 Å². The lowest BCUT2D eigenvalue weighted by molar-refractivity contribution is 0.0660. The van der Waals surface area contributed by atoms with Gasteiger partial charge in [-0.3, -0.25) is 4.90 Å². The number of hydrogen-bond donors (Lipinski definition) is 2. The number of fused-ring (bicyclic) bond motifs is 1. The maximum Gasteiger partial charge on any atom is 0.371 e. The van der Waals surface area contributed by atoms with Crippen molar-refractivity contribution in [1.29, 1.82) is 0 Å². The number of aromatic carboxylic acids is 2. The van der Waals surface area contributed by atoms with Crippen LogP contribution in [0, 0.1) is 0 Å². The number of thiazole rings is 1. The molecule has 8 heteroatoms. The first-order valence-corrected chi connectivity index (χ1v) is 10.8. The molecule has 0 saturated carbocycles. The van der Waals surface area contributed by atoms with Crippen molar-refractivity contribution in [3.05, 3.63) is 58.3 Å². The summed E-state index contributed by atoms with van der Waals surface area (Å²) >= 11 is 1.56. The van der Waals surface area contributed by atoms with Crippen LogP contribution in [0.4, 0.5) is 16.7 Å². The minimum Gasteiger partial charge on any atom is -0.478 e. The zero-order chi connectivity index (χ0) is 22.6. The molecule has 2 N–H and O–H groups in total. The first-order chi connectivity index (χ1) is 14.5. The molecular weight excluding hydrogens is 416 g/mol. The molecule has 7 nitrogen and oxygen atoms in total. The Morgan fingerprint density at radius 3 is 2.16 bits per heavy atom. The Morgan fingerprint density at radius 1 is 0.968 bits per heavy atom. The van der Waals surface area contributed by atoms with Gasteiger partial charge in [-0.2, -0.15) is 0 Å². The maximum atomic E-state index is 11.4. The lowest BCUT2D eigenvalue weighted by atomic mass is 9.69. The van der Waals surface area contributed by atoms with E-state index in [1.165, 1.54) is 23.1 Å². The smallest absolute Gasteiger partial charge is 0.371 e. The highest BCUT2D eigenvalue weighted by Gasteiger charge is 2.41. The molecule has 2 aromatic heterocycles. The molecule has 0 aliphatic heterocycles. The van der Waals surface area contributed by atoms with Crippen molar-refractivity contribution in [3.8, 4) is 0 Å². The standard InChI is InChI=1S/C23H24N2O5S/c1-22(2)11-12-23(3,4)18-17(22)24-21(31-18)25(16-10-9-15(30-16)20(28)29)14-7-5-13(6-8-14)19(26)27/h5-10H,11-12H2,1-4H3,(H,26,27)(H,28,29). The molecular formula is C23H24N2O5S. The van der Waals surface area contributed by atoms with Gasteiger partial charge in [-0.15, -0.1) is 11.3 Å². The van der Waals surface area contributed by atoms with E-state index in [2.05, 4.69) is 27.7 Å². The molecule has 0 spiro atoms. The van der Waals surface area contributed by atoms with Crippen molar-refractivity contribution in [1.82, 2.24) is 4.98 Å². The molecule has 3 aromatic rings. The van der Waals surface area contributed by atoms with E-state index < -0.39 is 11.9 Å². The number of benzene rings is 1. The number of hydrogen-bond acceptors (Lipinski definition) is 6. The molecule has 0 saturated heterocycles. The summed E-state index contributed by atoms with van der Waals surface area (Å²) < 4.78 is 5.61. The fraction of sp³-hybridized carbons (Fsp3) is 0.348. The Balaban J connectivity index is 1.88. The first kappa shape index (κ1) is 21.1. The molecule has 4 rings (SSSR count). The van der Waals surface area contributed by atoms with E-state index in [9.17, 15) is 19.8 Å². The Morgan fingerprint density at radius 2 is 1.61 bits per heavy atom. The van der Waals surface area contributed by atoms with E-state index in [1.54, 1.807) is 34.4 Å². The number of furan rings is 1. The number of anilines is 3. The van der Waals surface area contributed by atoms with Gasteiger partial charge >= 0.3 is 11.9 Å². The Kier molecular flexibility index (Phi) is 4.93. The van der Waals surface area contributed by atoms with Crippen LogP contribution >= 0.6 is 11.3 Å². The first-order valence-electron chi connectivity index (χ1n) is 9.98. The molecule has 0 atom stereocenters. The summed E-state index contributed by atoms with van der Waals surface area (Å²) in [4.78, 5) is 30.6. The minimum atomic E-state index is -1.16. The van der Waals surface area contributed by atoms with Gasteiger partial charge < -0.3 is 14.6 Å². The van der Waals surface area contributed by atoms with Crippen molar-refractivity contribution >= 4 is 40.0 Å². The predicted molar refractivity (Wildman–Crippen MR) is 118 cm³/mol. The summed E-state index contributed by atoms with van der Waals surface area (Å²) in [5, 5.41) is 19.2. The highest BCUT2D eigenvalue weighted by molar-refractivity contribution is 7.16. The summed E-state index contributed by atoms with van der Waals surface area (Å²) in [7, 11) is 0. The number of rotatable bonds is 5. The third kappa shape index (κ3) is 3.72. The Labute approximate surface area is 184 Å². The second kappa shape index (κ2) is 7.23. The third-order valence-electron chi connectivity index (χ3n) is 5.83. The molecule has 31 heavy (non-hydrogen) atoms. The largest absolute Gasteiger partial charge is 0.478 e. The monoisotopic (exact) mass is 440 g/mol. The predicted octanol–water partition coefficient (Wildman–Crippen LogP) is 5.95. The van der Waals surface area contributed by atoms with Crippen LogP contribution in [0.25, 0.3) is 0 Å². The van der Waals surface area contributed by atoms with Gasteiger partial charge in [-0.25, -0.2) is 14.6 Å². The molecule has 0 fully saturated rings. The number of carboxylic acid groups (broad SMARTS) is 2. The summed E-state index contributed by atoms with van der Waals surface area (Å²) in [6.07, 6.45) is 2.07. The summed E-state index contributed by atoms with van der Waals surface area (Å²) in [5.41, 5.74) is 1.75. The number of carboxylic acids is 2. The zero-order valence-corrected chi connectivity index (χ0v) is 18.6. The van der Waals surface area contributed by atoms with Crippen LogP contribution in [0.2, 0.25) is 0 Å². The molecule has 0 radical (unpaired) electrons. The van der Waals surface area contributed by atoms with Crippen LogP contribution in [0.1, 0.15) is 72.0 Å². The van der Waals surface area contributed by atoms with E-state index in [-0.39, 0.29) is 22.2 Å². The average Bonchev–Trinajstić information content (AvgIpc) is 3.36. The average molecular weight is 441 g/mol. The number of nitrogens with zero attached hydrogens (tertiary/aromatic N) is 2. The van der Waals surface area contributed by atoms with E-state index >= 15 is 0 Å². The van der Waals surface area contributed by atoms with Gasteiger partial charge in [0.1, 0.15) is 0 Å². The fourth-order valence-corrected chi connectivity index (χ4v) is 5.23. The number of aromatic nitrogens is 1. The van der Waals surface area contributed by atoms with Crippen molar-refractivity contribution < 1.29 is 24.2 Å². The SMILES string of the molecule is CC1(C)CCC(C)(C)c2sc(N(c3ccc(C(=O)O)cc3)c3ccc(C(=O)O)o3)nc21. The van der Waals surface area contributed by atoms with Gasteiger partial charge in [0, 0.05) is 21.8 Å². The van der Waals surface area contributed by atoms with Crippen LogP contribution in [-0.4, -0.2) is 27.1 Å². The van der Waals surface area contributed by atoms with Gasteiger partial charge in [-0.05, 0) is 43.2 Å². The lowest BCUT2D eigenvalue weighted by Gasteiger charge is -2.37. The van der Waals surface area contributed by atoms with Crippen LogP contribution in [0.3, 0.4) is 0 Å². The minimum absolute atomic E-state index is 0.0189. The summed E-state index contributed by atoms with van der Waals surface area (Å²) in [5.74, 6) is -2.04. The van der Waals surface area contributed by atoms with Gasteiger partial charge in [0.05, 0.1) is 16.9 Å². The molecule has 0 amide bonds. The zero-order valence-electron chi connectivity index (χ0n) is 17.8. The maximum absolute atomic E-state index is 11.4. The summed E-state index contributed by atoms with van der Waals surface area (Å²) in [6, 6.07) is 9.34. The Hall–Kier alpha value is -3.13. The third-order valence-corrected chi connectivity index (χ3v) is 7.24. The topological polar surface area (TPSA) is 104 Å². The van der Waals surface area contributed by atoms with Crippen molar-refractivity contribution in [2.45, 2.75) is 51.4 Å². The van der Waals surface area contributed by atoms with Crippen LogP contribution in [0.5, 0.6) is 0 Å². The number of carbonyl (C=O) groups is 2. The molecule has 0 unspecified atom stereocenters. The van der Waals surface area contributed by atoms with Gasteiger partial charge in [-0.1, -0.05) is 27.7 Å². The fourth-order valence-electron chi connectivity index (χ4n) is 3.83. The normalized spacial score (nSPS) is 16.5. The van der Waals surface area contributed by atoms with Gasteiger partial charge in [0.15, 0.2) is 5.13 Å².